The van der Waals surface area contributed by atoms with Crippen LogP contribution in [0.1, 0.15) is 13.3 Å². The summed E-state index contributed by atoms with van der Waals surface area (Å²) in [6, 6.07) is 5.33. The lowest BCUT2D eigenvalue weighted by molar-refractivity contribution is -0.118. The minimum Gasteiger partial charge on any atom is -0.493 e. The standard InChI is InChI=1S/C15H19N3O4S/c1-4-7-16-13(19)9-23-15-18-17-14(22-15)10-5-6-11(20-2)12(8-10)21-3/h5-6,8H,4,7,9H2,1-3H3,(H,16,19). The normalized spacial score (nSPS) is 10.4. The zero-order valence-electron chi connectivity index (χ0n) is 13.3. The quantitative estimate of drug-likeness (QED) is 0.740. The molecule has 1 amide bonds. The van der Waals surface area contributed by atoms with E-state index in [0.717, 1.165) is 12.0 Å². The summed E-state index contributed by atoms with van der Waals surface area (Å²) in [5, 5.41) is 11.1. The van der Waals surface area contributed by atoms with Crippen LogP contribution in [0.5, 0.6) is 11.5 Å². The van der Waals surface area contributed by atoms with Crippen LogP contribution in [-0.4, -0.2) is 42.6 Å². The molecule has 2 rings (SSSR count). The number of benzene rings is 1. The number of hydrogen-bond acceptors (Lipinski definition) is 7. The minimum atomic E-state index is -0.0530. The molecule has 0 bridgehead atoms. The number of carbonyl (C=O) groups is 1. The number of nitrogens with zero attached hydrogens (tertiary/aromatic N) is 2. The van der Waals surface area contributed by atoms with Crippen molar-refractivity contribution < 1.29 is 18.7 Å². The van der Waals surface area contributed by atoms with Crippen molar-refractivity contribution in [2.24, 2.45) is 0 Å². The maximum atomic E-state index is 11.6. The number of methoxy groups -OCH3 is 2. The van der Waals surface area contributed by atoms with Crippen molar-refractivity contribution in [1.82, 2.24) is 15.5 Å². The predicted octanol–water partition coefficient (Wildman–Crippen LogP) is 2.37. The third-order valence-corrected chi connectivity index (χ3v) is 3.75. The van der Waals surface area contributed by atoms with Gasteiger partial charge in [0.25, 0.3) is 5.22 Å². The minimum absolute atomic E-state index is 0.0530. The average molecular weight is 337 g/mol. The van der Waals surface area contributed by atoms with Gasteiger partial charge in [-0.05, 0) is 24.6 Å². The molecule has 23 heavy (non-hydrogen) atoms. The Morgan fingerprint density at radius 2 is 2.04 bits per heavy atom. The van der Waals surface area contributed by atoms with Crippen molar-refractivity contribution in [3.8, 4) is 23.0 Å². The molecule has 1 aromatic heterocycles. The molecule has 0 atom stereocenters. The predicted molar refractivity (Wildman–Crippen MR) is 86.9 cm³/mol. The van der Waals surface area contributed by atoms with E-state index in [1.807, 2.05) is 6.92 Å². The fraction of sp³-hybridized carbons (Fsp3) is 0.400. The lowest BCUT2D eigenvalue weighted by Gasteiger charge is -2.07. The van der Waals surface area contributed by atoms with Crippen LogP contribution < -0.4 is 14.8 Å². The van der Waals surface area contributed by atoms with Crippen LogP contribution in [0, 0.1) is 0 Å². The number of amides is 1. The molecule has 0 aliphatic rings. The average Bonchev–Trinajstić information content (AvgIpc) is 3.06. The van der Waals surface area contributed by atoms with E-state index in [1.54, 1.807) is 32.4 Å². The SMILES string of the molecule is CCCNC(=O)CSc1nnc(-c2ccc(OC)c(OC)c2)o1. The van der Waals surface area contributed by atoms with Gasteiger partial charge >= 0.3 is 0 Å². The highest BCUT2D eigenvalue weighted by atomic mass is 32.2. The van der Waals surface area contributed by atoms with Gasteiger partial charge < -0.3 is 19.2 Å². The van der Waals surface area contributed by atoms with Gasteiger partial charge in [0.05, 0.1) is 20.0 Å². The smallest absolute Gasteiger partial charge is 0.277 e. The molecule has 0 spiro atoms. The van der Waals surface area contributed by atoms with Crippen molar-refractivity contribution >= 4 is 17.7 Å². The Kier molecular flexibility index (Phi) is 6.28. The Bertz CT molecular complexity index is 660. The Balaban J connectivity index is 2.03. The van der Waals surface area contributed by atoms with Gasteiger partial charge in [-0.1, -0.05) is 18.7 Å². The Morgan fingerprint density at radius 1 is 1.26 bits per heavy atom. The molecule has 124 valence electrons. The van der Waals surface area contributed by atoms with Gasteiger partial charge in [0.2, 0.25) is 11.8 Å². The van der Waals surface area contributed by atoms with Gasteiger partial charge in [-0.25, -0.2) is 0 Å². The summed E-state index contributed by atoms with van der Waals surface area (Å²) < 4.78 is 16.0. The number of rotatable bonds is 8. The van der Waals surface area contributed by atoms with Crippen molar-refractivity contribution in [2.75, 3.05) is 26.5 Å². The molecule has 0 fully saturated rings. The summed E-state index contributed by atoms with van der Waals surface area (Å²) in [4.78, 5) is 11.6. The summed E-state index contributed by atoms with van der Waals surface area (Å²) in [6.07, 6.45) is 0.903. The van der Waals surface area contributed by atoms with Crippen LogP contribution in [-0.2, 0) is 4.79 Å². The van der Waals surface area contributed by atoms with Gasteiger partial charge in [-0.15, -0.1) is 10.2 Å². The third kappa shape index (κ3) is 4.62. The first kappa shape index (κ1) is 17.1. The lowest BCUT2D eigenvalue weighted by Crippen LogP contribution is -2.25. The van der Waals surface area contributed by atoms with Gasteiger partial charge in [0.1, 0.15) is 0 Å². The van der Waals surface area contributed by atoms with Gasteiger partial charge in [-0.2, -0.15) is 0 Å². The number of hydrogen-bond donors (Lipinski definition) is 1. The van der Waals surface area contributed by atoms with Crippen molar-refractivity contribution in [1.29, 1.82) is 0 Å². The number of carbonyl (C=O) groups excluding carboxylic acids is 1. The fourth-order valence-electron chi connectivity index (χ4n) is 1.80. The van der Waals surface area contributed by atoms with E-state index in [4.69, 9.17) is 13.9 Å². The Morgan fingerprint density at radius 3 is 2.74 bits per heavy atom. The summed E-state index contributed by atoms with van der Waals surface area (Å²) >= 11 is 1.20. The largest absolute Gasteiger partial charge is 0.493 e. The van der Waals surface area contributed by atoms with E-state index in [2.05, 4.69) is 15.5 Å². The first-order valence-corrected chi connectivity index (χ1v) is 8.11. The summed E-state index contributed by atoms with van der Waals surface area (Å²) in [7, 11) is 3.13. The highest BCUT2D eigenvalue weighted by molar-refractivity contribution is 7.99. The van der Waals surface area contributed by atoms with Crippen molar-refractivity contribution in [2.45, 2.75) is 18.6 Å². The summed E-state index contributed by atoms with van der Waals surface area (Å²) in [6.45, 7) is 2.67. The molecule has 2 aromatic rings. The van der Waals surface area contributed by atoms with Crippen molar-refractivity contribution in [3.05, 3.63) is 18.2 Å². The van der Waals surface area contributed by atoms with E-state index in [1.165, 1.54) is 11.8 Å². The Labute approximate surface area is 138 Å². The number of aromatic nitrogens is 2. The molecule has 0 aliphatic heterocycles. The summed E-state index contributed by atoms with van der Waals surface area (Å²) in [5.74, 6) is 1.76. The molecular weight excluding hydrogens is 318 g/mol. The number of thioether (sulfide) groups is 1. The van der Waals surface area contributed by atoms with Crippen LogP contribution in [0.3, 0.4) is 0 Å². The Hall–Kier alpha value is -2.22. The zero-order chi connectivity index (χ0) is 16.7. The number of ether oxygens (including phenoxy) is 2. The van der Waals surface area contributed by atoms with Crippen LogP contribution in [0.15, 0.2) is 27.8 Å². The molecule has 1 heterocycles. The molecule has 1 N–H and O–H groups in total. The van der Waals surface area contributed by atoms with Crippen LogP contribution in [0.4, 0.5) is 0 Å². The third-order valence-electron chi connectivity index (χ3n) is 2.94. The second-order valence-corrected chi connectivity index (χ2v) is 5.51. The van der Waals surface area contributed by atoms with Crippen LogP contribution in [0.25, 0.3) is 11.5 Å². The van der Waals surface area contributed by atoms with E-state index in [9.17, 15) is 4.79 Å². The second-order valence-electron chi connectivity index (χ2n) is 4.58. The maximum Gasteiger partial charge on any atom is 0.277 e. The molecule has 8 heteroatoms. The molecule has 0 aliphatic carbocycles. The van der Waals surface area contributed by atoms with E-state index in [0.29, 0.717) is 29.2 Å². The van der Waals surface area contributed by atoms with Gasteiger partial charge in [-0.3, -0.25) is 4.79 Å². The molecule has 0 radical (unpaired) electrons. The zero-order valence-corrected chi connectivity index (χ0v) is 14.1. The van der Waals surface area contributed by atoms with E-state index < -0.39 is 0 Å². The lowest BCUT2D eigenvalue weighted by atomic mass is 10.2. The van der Waals surface area contributed by atoms with Crippen LogP contribution in [0.2, 0.25) is 0 Å². The molecule has 7 nitrogen and oxygen atoms in total. The topological polar surface area (TPSA) is 86.5 Å². The van der Waals surface area contributed by atoms with E-state index >= 15 is 0 Å². The van der Waals surface area contributed by atoms with E-state index in [-0.39, 0.29) is 11.7 Å². The first-order chi connectivity index (χ1) is 11.2. The second kappa shape index (κ2) is 8.42. The molecule has 0 saturated carbocycles. The van der Waals surface area contributed by atoms with Gasteiger partial charge in [0.15, 0.2) is 11.5 Å². The highest BCUT2D eigenvalue weighted by Gasteiger charge is 2.13. The molecule has 0 saturated heterocycles. The molecule has 0 unspecified atom stereocenters. The number of nitrogens with one attached hydrogen (secondary N) is 1. The van der Waals surface area contributed by atoms with Gasteiger partial charge in [0, 0.05) is 12.1 Å². The first-order valence-electron chi connectivity index (χ1n) is 7.13. The fourth-order valence-corrected chi connectivity index (χ4v) is 2.39. The highest BCUT2D eigenvalue weighted by Crippen LogP contribution is 2.32. The molecule has 1 aromatic carbocycles. The van der Waals surface area contributed by atoms with Crippen LogP contribution >= 0.6 is 11.8 Å². The summed E-state index contributed by atoms with van der Waals surface area (Å²) in [5.41, 5.74) is 0.720. The monoisotopic (exact) mass is 337 g/mol. The maximum absolute atomic E-state index is 11.6. The molecular formula is C15H19N3O4S. The van der Waals surface area contributed by atoms with Crippen molar-refractivity contribution in [3.63, 3.8) is 0 Å².